The number of alkyl halides is 6. The summed E-state index contributed by atoms with van der Waals surface area (Å²) in [5.41, 5.74) is -2.06. The van der Waals surface area contributed by atoms with Crippen LogP contribution >= 0.6 is 0 Å². The molecule has 0 spiro atoms. The Morgan fingerprint density at radius 3 is 2.11 bits per heavy atom. The highest BCUT2D eigenvalue weighted by molar-refractivity contribution is 7.89. The van der Waals surface area contributed by atoms with Gasteiger partial charge in [0.2, 0.25) is 10.0 Å². The van der Waals surface area contributed by atoms with Gasteiger partial charge in [-0.3, -0.25) is 4.98 Å². The molecule has 0 aliphatic carbocycles. The number of rotatable bonds is 4. The summed E-state index contributed by atoms with van der Waals surface area (Å²) in [6.45, 7) is 0. The number of nitrogens with zero attached hydrogens (tertiary/aromatic N) is 3. The van der Waals surface area contributed by atoms with E-state index in [2.05, 4.69) is 4.98 Å². The molecule has 0 aliphatic rings. The van der Waals surface area contributed by atoms with Gasteiger partial charge in [-0.25, -0.2) is 8.42 Å². The number of hydrogen-bond donors (Lipinski definition) is 0. The van der Waals surface area contributed by atoms with Crippen molar-refractivity contribution in [3.8, 4) is 6.07 Å². The first kappa shape index (κ1) is 21.6. The minimum atomic E-state index is -5.12. The molecule has 2 rings (SSSR count). The molecular formula is C16H11F6N3O2S. The van der Waals surface area contributed by atoms with Gasteiger partial charge in [0.05, 0.1) is 11.1 Å². The molecule has 1 atom stereocenters. The fourth-order valence-electron chi connectivity index (χ4n) is 2.39. The van der Waals surface area contributed by atoms with E-state index in [-0.39, 0.29) is 9.87 Å². The smallest absolute Gasteiger partial charge is 0.262 e. The van der Waals surface area contributed by atoms with Crippen LogP contribution in [0, 0.1) is 11.3 Å². The van der Waals surface area contributed by atoms with Crippen molar-refractivity contribution >= 4 is 10.0 Å². The van der Waals surface area contributed by atoms with Crippen LogP contribution in [0.4, 0.5) is 26.3 Å². The third-order valence-electron chi connectivity index (χ3n) is 3.75. The molecule has 0 aliphatic heterocycles. The Kier molecular flexibility index (Phi) is 5.72. The lowest BCUT2D eigenvalue weighted by atomic mass is 10.0. The first-order valence-electron chi connectivity index (χ1n) is 7.35. The molecular weight excluding hydrogens is 412 g/mol. The summed E-state index contributed by atoms with van der Waals surface area (Å²) in [4.78, 5) is 2.85. The van der Waals surface area contributed by atoms with Gasteiger partial charge in [0.15, 0.2) is 0 Å². The lowest BCUT2D eigenvalue weighted by Gasteiger charge is -2.29. The van der Waals surface area contributed by atoms with Crippen molar-refractivity contribution in [2.24, 2.45) is 0 Å². The first-order chi connectivity index (χ1) is 12.8. The molecule has 0 fully saturated rings. The van der Waals surface area contributed by atoms with E-state index < -0.39 is 44.4 Å². The lowest BCUT2D eigenvalue weighted by Crippen LogP contribution is -2.39. The van der Waals surface area contributed by atoms with Crippen LogP contribution in [0.2, 0.25) is 0 Å². The fraction of sp³-hybridized carbons (Fsp3) is 0.250. The van der Waals surface area contributed by atoms with E-state index in [0.29, 0.717) is 31.3 Å². The fourth-order valence-corrected chi connectivity index (χ4v) is 3.71. The van der Waals surface area contributed by atoms with Gasteiger partial charge in [-0.2, -0.15) is 35.9 Å². The van der Waals surface area contributed by atoms with Crippen LogP contribution in [0.3, 0.4) is 0 Å². The first-order valence-corrected chi connectivity index (χ1v) is 8.79. The standard InChI is InChI=1S/C16H11F6N3O2S/c1-25(28(26,27)13-6-10(7-23)8-24-9-13)14(16(20,21)22)11-2-4-12(5-3-11)15(17,18)19/h2-6,8-9,14H,1H3/t14-/m1/s1. The molecule has 12 heteroatoms. The molecule has 1 aromatic heterocycles. The lowest BCUT2D eigenvalue weighted by molar-refractivity contribution is -0.171. The summed E-state index contributed by atoms with van der Waals surface area (Å²) >= 11 is 0. The van der Waals surface area contributed by atoms with Crippen LogP contribution in [-0.2, 0) is 16.2 Å². The zero-order valence-electron chi connectivity index (χ0n) is 14.0. The largest absolute Gasteiger partial charge is 0.416 e. The van der Waals surface area contributed by atoms with Crippen LogP contribution in [0.1, 0.15) is 22.7 Å². The van der Waals surface area contributed by atoms with Gasteiger partial charge in [0.1, 0.15) is 17.0 Å². The number of benzene rings is 1. The van der Waals surface area contributed by atoms with Gasteiger partial charge >= 0.3 is 12.4 Å². The van der Waals surface area contributed by atoms with Gasteiger partial charge in [-0.05, 0) is 23.8 Å². The second kappa shape index (κ2) is 7.40. The highest BCUT2D eigenvalue weighted by atomic mass is 32.2. The molecule has 0 N–H and O–H groups in total. The molecule has 0 unspecified atom stereocenters. The van der Waals surface area contributed by atoms with Crippen LogP contribution in [0.5, 0.6) is 0 Å². The SMILES string of the molecule is CN([C@H](c1ccc(C(F)(F)F)cc1)C(F)(F)F)S(=O)(=O)c1cncc(C#N)c1. The summed E-state index contributed by atoms with van der Waals surface area (Å²) in [7, 11) is -4.12. The predicted molar refractivity (Wildman–Crippen MR) is 84.1 cm³/mol. The molecule has 0 bridgehead atoms. The zero-order chi connectivity index (χ0) is 21.3. The summed E-state index contributed by atoms with van der Waals surface area (Å²) < 4.78 is 104. The second-order valence-corrected chi connectivity index (χ2v) is 7.60. The number of sulfonamides is 1. The number of aromatic nitrogens is 1. The van der Waals surface area contributed by atoms with E-state index in [1.807, 2.05) is 0 Å². The highest BCUT2D eigenvalue weighted by Gasteiger charge is 2.48. The van der Waals surface area contributed by atoms with E-state index in [4.69, 9.17) is 5.26 Å². The summed E-state index contributed by atoms with van der Waals surface area (Å²) in [6, 6.07) is 1.72. The maximum atomic E-state index is 13.6. The molecule has 1 heterocycles. The van der Waals surface area contributed by atoms with Gasteiger partial charge in [-0.1, -0.05) is 12.1 Å². The van der Waals surface area contributed by atoms with E-state index in [0.717, 1.165) is 18.5 Å². The average molecular weight is 423 g/mol. The molecule has 5 nitrogen and oxygen atoms in total. The normalized spacial score (nSPS) is 14.0. The molecule has 0 saturated carbocycles. The van der Waals surface area contributed by atoms with Crippen LogP contribution in [0.15, 0.2) is 47.6 Å². The maximum absolute atomic E-state index is 13.6. The van der Waals surface area contributed by atoms with Crippen molar-refractivity contribution in [2.75, 3.05) is 7.05 Å². The summed E-state index contributed by atoms with van der Waals surface area (Å²) in [6.07, 6.45) is -8.08. The number of halogens is 6. The van der Waals surface area contributed by atoms with Gasteiger partial charge < -0.3 is 0 Å². The van der Waals surface area contributed by atoms with E-state index in [1.165, 1.54) is 0 Å². The van der Waals surface area contributed by atoms with Crippen LogP contribution in [0.25, 0.3) is 0 Å². The van der Waals surface area contributed by atoms with E-state index in [1.54, 1.807) is 6.07 Å². The van der Waals surface area contributed by atoms with Gasteiger partial charge in [-0.15, -0.1) is 0 Å². The number of pyridine rings is 1. The van der Waals surface area contributed by atoms with Gasteiger partial charge in [0, 0.05) is 19.4 Å². The molecule has 150 valence electrons. The zero-order valence-corrected chi connectivity index (χ0v) is 14.8. The van der Waals surface area contributed by atoms with Crippen molar-refractivity contribution < 1.29 is 34.8 Å². The van der Waals surface area contributed by atoms with Crippen molar-refractivity contribution in [1.29, 1.82) is 5.26 Å². The van der Waals surface area contributed by atoms with Crippen LogP contribution in [-0.4, -0.2) is 30.9 Å². The topological polar surface area (TPSA) is 74.1 Å². The number of nitriles is 1. The minimum absolute atomic E-state index is 0.0201. The van der Waals surface area contributed by atoms with Crippen LogP contribution < -0.4 is 0 Å². The Morgan fingerprint density at radius 1 is 1.07 bits per heavy atom. The quantitative estimate of drug-likeness (QED) is 0.700. The highest BCUT2D eigenvalue weighted by Crippen LogP contribution is 2.40. The summed E-state index contributed by atoms with van der Waals surface area (Å²) in [5, 5.41) is 8.80. The maximum Gasteiger partial charge on any atom is 0.416 e. The predicted octanol–water partition coefficient (Wildman–Crippen LogP) is 3.90. The Morgan fingerprint density at radius 2 is 1.64 bits per heavy atom. The summed E-state index contributed by atoms with van der Waals surface area (Å²) in [5.74, 6) is 0. The molecule has 0 amide bonds. The Balaban J connectivity index is 2.52. The Labute approximate surface area is 155 Å². The van der Waals surface area contributed by atoms with Crippen molar-refractivity contribution in [3.63, 3.8) is 0 Å². The average Bonchev–Trinajstić information content (AvgIpc) is 2.60. The third-order valence-corrected chi connectivity index (χ3v) is 5.53. The Hall–Kier alpha value is -2.65. The van der Waals surface area contributed by atoms with Gasteiger partial charge in [0.25, 0.3) is 0 Å². The van der Waals surface area contributed by atoms with E-state index in [9.17, 15) is 34.8 Å². The monoisotopic (exact) mass is 423 g/mol. The Bertz CT molecular complexity index is 995. The molecule has 0 radical (unpaired) electrons. The van der Waals surface area contributed by atoms with E-state index >= 15 is 0 Å². The van der Waals surface area contributed by atoms with Crippen molar-refractivity contribution in [1.82, 2.24) is 9.29 Å². The molecule has 1 aromatic carbocycles. The molecule has 0 saturated heterocycles. The van der Waals surface area contributed by atoms with Crippen molar-refractivity contribution in [3.05, 3.63) is 59.4 Å². The second-order valence-electron chi connectivity index (χ2n) is 5.61. The number of hydrogen-bond acceptors (Lipinski definition) is 4. The minimum Gasteiger partial charge on any atom is -0.262 e. The third kappa shape index (κ3) is 4.42. The van der Waals surface area contributed by atoms with Crippen molar-refractivity contribution in [2.45, 2.75) is 23.3 Å². The molecule has 28 heavy (non-hydrogen) atoms. The molecule has 2 aromatic rings.